The van der Waals surface area contributed by atoms with Gasteiger partial charge < -0.3 is 15.2 Å². The minimum absolute atomic E-state index is 0.0352. The van der Waals surface area contributed by atoms with E-state index in [2.05, 4.69) is 15.5 Å². The number of carboxylic acid groups (broad SMARTS) is 1. The molecule has 1 aromatic heterocycles. The summed E-state index contributed by atoms with van der Waals surface area (Å²) in [7, 11) is 0. The van der Waals surface area contributed by atoms with Crippen LogP contribution in [0.2, 0.25) is 0 Å². The molecule has 1 heterocycles. The third kappa shape index (κ3) is 2.66. The van der Waals surface area contributed by atoms with Crippen molar-refractivity contribution in [1.29, 1.82) is 0 Å². The summed E-state index contributed by atoms with van der Waals surface area (Å²) in [5.41, 5.74) is 0.143. The van der Waals surface area contributed by atoms with Crippen LogP contribution in [0.1, 0.15) is 12.1 Å². The summed E-state index contributed by atoms with van der Waals surface area (Å²) in [5, 5.41) is 29.3. The van der Waals surface area contributed by atoms with Crippen molar-refractivity contribution in [1.82, 2.24) is 10.2 Å². The van der Waals surface area contributed by atoms with Gasteiger partial charge in [-0.15, -0.1) is 0 Å². The first kappa shape index (κ1) is 11.0. The number of aromatic nitrogens is 2. The zero-order chi connectivity index (χ0) is 11.4. The van der Waals surface area contributed by atoms with Crippen LogP contribution in [0.5, 0.6) is 0 Å². The minimum atomic E-state index is -1.22. The van der Waals surface area contributed by atoms with E-state index in [1.165, 1.54) is 6.92 Å². The number of carboxylic acids is 1. The molecule has 0 fully saturated rings. The highest BCUT2D eigenvalue weighted by Crippen LogP contribution is 2.24. The van der Waals surface area contributed by atoms with Crippen LogP contribution in [-0.4, -0.2) is 27.6 Å². The highest BCUT2D eigenvalue weighted by Gasteiger charge is 2.20. The van der Waals surface area contributed by atoms with Crippen LogP contribution >= 0.6 is 0 Å². The molecule has 0 aliphatic carbocycles. The predicted octanol–water partition coefficient (Wildman–Crippen LogP) is -0.822. The predicted molar refractivity (Wildman–Crippen MR) is 48.1 cm³/mol. The first-order valence-electron chi connectivity index (χ1n) is 4.15. The standard InChI is InChI=1S/C7H10N4O4/c1-4-6(11(14)15)7(10-9-4)8-3-2-5(12)13/h2-3H2,1H3,(H,12,13)(H2,8,9,10)/p-1. The van der Waals surface area contributed by atoms with E-state index in [0.29, 0.717) is 5.69 Å². The smallest absolute Gasteiger partial charge is 0.333 e. The molecule has 82 valence electrons. The molecular formula is C7H9N4O4-. The van der Waals surface area contributed by atoms with E-state index in [4.69, 9.17) is 0 Å². The van der Waals surface area contributed by atoms with E-state index in [9.17, 15) is 20.0 Å². The molecule has 0 aromatic carbocycles. The van der Waals surface area contributed by atoms with E-state index in [0.717, 1.165) is 0 Å². The van der Waals surface area contributed by atoms with Crippen molar-refractivity contribution in [2.24, 2.45) is 0 Å². The number of nitrogens with one attached hydrogen (secondary N) is 2. The summed E-state index contributed by atoms with van der Waals surface area (Å²) < 4.78 is 0. The molecule has 8 nitrogen and oxygen atoms in total. The quantitative estimate of drug-likeness (QED) is 0.486. The van der Waals surface area contributed by atoms with Gasteiger partial charge in [-0.1, -0.05) is 0 Å². The van der Waals surface area contributed by atoms with Crippen molar-refractivity contribution < 1.29 is 14.8 Å². The second-order valence-electron chi connectivity index (χ2n) is 2.85. The van der Waals surface area contributed by atoms with Gasteiger partial charge in [-0.3, -0.25) is 15.2 Å². The number of hydrogen-bond donors (Lipinski definition) is 2. The van der Waals surface area contributed by atoms with Gasteiger partial charge in [-0.05, 0) is 6.92 Å². The summed E-state index contributed by atoms with van der Waals surface area (Å²) in [6, 6.07) is 0. The van der Waals surface area contributed by atoms with Crippen LogP contribution in [0.4, 0.5) is 11.5 Å². The van der Waals surface area contributed by atoms with Gasteiger partial charge >= 0.3 is 5.69 Å². The number of nitrogens with zero attached hydrogens (tertiary/aromatic N) is 2. The van der Waals surface area contributed by atoms with Gasteiger partial charge in [-0.2, -0.15) is 5.10 Å². The molecule has 0 spiro atoms. The summed E-state index contributed by atoms with van der Waals surface area (Å²) in [4.78, 5) is 20.1. The van der Waals surface area contributed by atoms with E-state index in [1.807, 2.05) is 0 Å². The number of aromatic amines is 1. The topological polar surface area (TPSA) is 124 Å². The van der Waals surface area contributed by atoms with Crippen LogP contribution in [0.3, 0.4) is 0 Å². The Morgan fingerprint density at radius 3 is 2.87 bits per heavy atom. The maximum Gasteiger partial charge on any atom is 0.333 e. The molecule has 0 saturated heterocycles. The molecule has 8 heteroatoms. The highest BCUT2D eigenvalue weighted by atomic mass is 16.6. The van der Waals surface area contributed by atoms with Crippen LogP contribution < -0.4 is 10.4 Å². The largest absolute Gasteiger partial charge is 0.550 e. The van der Waals surface area contributed by atoms with Crippen molar-refractivity contribution in [3.8, 4) is 0 Å². The average molecular weight is 213 g/mol. The Morgan fingerprint density at radius 2 is 2.33 bits per heavy atom. The van der Waals surface area contributed by atoms with Gasteiger partial charge in [0.25, 0.3) is 0 Å². The van der Waals surface area contributed by atoms with Gasteiger partial charge in [-0.25, -0.2) is 0 Å². The van der Waals surface area contributed by atoms with Crippen molar-refractivity contribution in [3.63, 3.8) is 0 Å². The molecule has 0 radical (unpaired) electrons. The zero-order valence-corrected chi connectivity index (χ0v) is 7.94. The third-order valence-corrected chi connectivity index (χ3v) is 1.72. The SMILES string of the molecule is Cc1[nH]nc(NCCC(=O)[O-])c1[N+](=O)[O-]. The molecule has 1 rings (SSSR count). The first-order valence-corrected chi connectivity index (χ1v) is 4.15. The van der Waals surface area contributed by atoms with Crippen molar-refractivity contribution in [2.75, 3.05) is 11.9 Å². The van der Waals surface area contributed by atoms with Crippen molar-refractivity contribution in [2.45, 2.75) is 13.3 Å². The van der Waals surface area contributed by atoms with Crippen molar-refractivity contribution in [3.05, 3.63) is 15.8 Å². The van der Waals surface area contributed by atoms with Crippen LogP contribution in [0.25, 0.3) is 0 Å². The van der Waals surface area contributed by atoms with E-state index < -0.39 is 10.9 Å². The molecule has 1 aromatic rings. The van der Waals surface area contributed by atoms with Gasteiger partial charge in [0.1, 0.15) is 5.69 Å². The lowest BCUT2D eigenvalue weighted by Crippen LogP contribution is -2.24. The molecule has 0 saturated carbocycles. The second kappa shape index (κ2) is 4.40. The van der Waals surface area contributed by atoms with Crippen LogP contribution in [0, 0.1) is 17.0 Å². The number of H-pyrrole nitrogens is 1. The number of carbonyl (C=O) groups excluding carboxylic acids is 1. The van der Waals surface area contributed by atoms with Gasteiger partial charge in [0.15, 0.2) is 0 Å². The number of aryl methyl sites for hydroxylation is 1. The normalized spacial score (nSPS) is 9.93. The van der Waals surface area contributed by atoms with Gasteiger partial charge in [0.2, 0.25) is 5.82 Å². The molecule has 0 unspecified atom stereocenters. The lowest BCUT2D eigenvalue weighted by atomic mass is 10.3. The molecule has 0 bridgehead atoms. The molecule has 15 heavy (non-hydrogen) atoms. The lowest BCUT2D eigenvalue weighted by molar-refractivity contribution is -0.384. The summed E-state index contributed by atoms with van der Waals surface area (Å²) >= 11 is 0. The Morgan fingerprint density at radius 1 is 1.67 bits per heavy atom. The van der Waals surface area contributed by atoms with Crippen LogP contribution in [-0.2, 0) is 4.79 Å². The monoisotopic (exact) mass is 213 g/mol. The fraction of sp³-hybridized carbons (Fsp3) is 0.429. The number of nitro groups is 1. The van der Waals surface area contributed by atoms with E-state index >= 15 is 0 Å². The number of anilines is 1. The van der Waals surface area contributed by atoms with Gasteiger partial charge in [0.05, 0.1) is 4.92 Å². The highest BCUT2D eigenvalue weighted by molar-refractivity contribution is 5.65. The van der Waals surface area contributed by atoms with E-state index in [1.54, 1.807) is 0 Å². The Balaban J connectivity index is 2.69. The summed E-state index contributed by atoms with van der Waals surface area (Å²) in [5.74, 6) is -1.18. The van der Waals surface area contributed by atoms with Gasteiger partial charge in [0, 0.05) is 18.9 Å². The Labute approximate surface area is 84.4 Å². The van der Waals surface area contributed by atoms with Crippen LogP contribution in [0.15, 0.2) is 0 Å². The summed E-state index contributed by atoms with van der Waals surface area (Å²) in [6.07, 6.45) is -0.233. The summed E-state index contributed by atoms with van der Waals surface area (Å²) in [6.45, 7) is 1.54. The fourth-order valence-electron chi connectivity index (χ4n) is 1.05. The fourth-order valence-corrected chi connectivity index (χ4v) is 1.05. The number of carbonyl (C=O) groups is 1. The molecular weight excluding hydrogens is 204 g/mol. The number of rotatable bonds is 5. The molecule has 0 aliphatic heterocycles. The average Bonchev–Trinajstić information content (AvgIpc) is 2.46. The first-order chi connectivity index (χ1) is 7.02. The maximum absolute atomic E-state index is 10.6. The van der Waals surface area contributed by atoms with E-state index in [-0.39, 0.29) is 24.5 Å². The Kier molecular flexibility index (Phi) is 3.21. The Hall–Kier alpha value is -2.12. The second-order valence-corrected chi connectivity index (χ2v) is 2.85. The number of hydrogen-bond acceptors (Lipinski definition) is 6. The minimum Gasteiger partial charge on any atom is -0.550 e. The zero-order valence-electron chi connectivity index (χ0n) is 7.94. The molecule has 0 atom stereocenters. The van der Waals surface area contributed by atoms with Crippen molar-refractivity contribution >= 4 is 17.5 Å². The molecule has 0 aliphatic rings. The lowest BCUT2D eigenvalue weighted by Gasteiger charge is -2.02. The maximum atomic E-state index is 10.6. The third-order valence-electron chi connectivity index (χ3n) is 1.72. The molecule has 2 N–H and O–H groups in total. The molecule has 0 amide bonds. The Bertz CT molecular complexity index is 386. The number of aliphatic carboxylic acids is 1.